The predicted octanol–water partition coefficient (Wildman–Crippen LogP) is 1.52. The zero-order chi connectivity index (χ0) is 10.6. The van der Waals surface area contributed by atoms with E-state index in [1.165, 1.54) is 0 Å². The van der Waals surface area contributed by atoms with Crippen molar-refractivity contribution in [3.8, 4) is 5.88 Å². The minimum Gasteiger partial charge on any atom is -0.481 e. The number of hydrogen-bond acceptors (Lipinski definition) is 4. The first-order valence-electron chi connectivity index (χ1n) is 4.78. The van der Waals surface area contributed by atoms with Crippen molar-refractivity contribution in [2.45, 2.75) is 13.8 Å². The normalized spacial score (nSPS) is 9.93. The summed E-state index contributed by atoms with van der Waals surface area (Å²) in [5.74, 6) is 1.40. The number of ether oxygens (including phenoxy) is 1. The lowest BCUT2D eigenvalue weighted by Gasteiger charge is -2.21. The molecule has 1 aromatic heterocycles. The van der Waals surface area contributed by atoms with Gasteiger partial charge in [-0.05, 0) is 19.9 Å². The van der Waals surface area contributed by atoms with Gasteiger partial charge < -0.3 is 15.4 Å². The molecule has 2 N–H and O–H groups in total. The highest BCUT2D eigenvalue weighted by molar-refractivity contribution is 5.63. The first-order valence-corrected chi connectivity index (χ1v) is 4.78. The van der Waals surface area contributed by atoms with Crippen LogP contribution in [0.3, 0.4) is 0 Å². The second-order valence-electron chi connectivity index (χ2n) is 2.94. The summed E-state index contributed by atoms with van der Waals surface area (Å²) in [7, 11) is 1.60. The van der Waals surface area contributed by atoms with Crippen molar-refractivity contribution >= 4 is 11.5 Å². The van der Waals surface area contributed by atoms with Crippen LogP contribution in [0.1, 0.15) is 13.8 Å². The van der Waals surface area contributed by atoms with E-state index in [2.05, 4.69) is 23.7 Å². The number of anilines is 2. The van der Waals surface area contributed by atoms with E-state index < -0.39 is 0 Å². The average Bonchev–Trinajstić information content (AvgIpc) is 2.22. The quantitative estimate of drug-likeness (QED) is 0.791. The SMILES string of the molecule is CCN(CC)c1nc(OC)ccc1N. The van der Waals surface area contributed by atoms with E-state index >= 15 is 0 Å². The monoisotopic (exact) mass is 195 g/mol. The highest BCUT2D eigenvalue weighted by atomic mass is 16.5. The molecule has 0 amide bonds. The third-order valence-corrected chi connectivity index (χ3v) is 2.15. The molecule has 0 fully saturated rings. The number of hydrogen-bond donors (Lipinski definition) is 1. The van der Waals surface area contributed by atoms with E-state index in [0.29, 0.717) is 11.6 Å². The van der Waals surface area contributed by atoms with Crippen LogP contribution in [-0.2, 0) is 0 Å². The van der Waals surface area contributed by atoms with Gasteiger partial charge >= 0.3 is 0 Å². The molecule has 1 rings (SSSR count). The lowest BCUT2D eigenvalue weighted by atomic mass is 10.3. The van der Waals surface area contributed by atoms with Gasteiger partial charge in [0.2, 0.25) is 5.88 Å². The van der Waals surface area contributed by atoms with Crippen LogP contribution in [0.4, 0.5) is 11.5 Å². The van der Waals surface area contributed by atoms with Crippen LogP contribution in [-0.4, -0.2) is 25.2 Å². The summed E-state index contributed by atoms with van der Waals surface area (Å²) in [5, 5.41) is 0. The van der Waals surface area contributed by atoms with Gasteiger partial charge in [-0.3, -0.25) is 0 Å². The molecule has 0 aliphatic carbocycles. The third-order valence-electron chi connectivity index (χ3n) is 2.15. The number of methoxy groups -OCH3 is 1. The van der Waals surface area contributed by atoms with Crippen LogP contribution in [0.15, 0.2) is 12.1 Å². The molecule has 0 spiro atoms. The second kappa shape index (κ2) is 4.69. The fourth-order valence-corrected chi connectivity index (χ4v) is 1.33. The van der Waals surface area contributed by atoms with Crippen LogP contribution >= 0.6 is 0 Å². The van der Waals surface area contributed by atoms with E-state index in [4.69, 9.17) is 10.5 Å². The maximum Gasteiger partial charge on any atom is 0.215 e. The largest absolute Gasteiger partial charge is 0.481 e. The van der Waals surface area contributed by atoms with Crippen molar-refractivity contribution in [3.05, 3.63) is 12.1 Å². The molecule has 0 aliphatic heterocycles. The summed E-state index contributed by atoms with van der Waals surface area (Å²) in [6.07, 6.45) is 0. The number of nitrogens with two attached hydrogens (primary N) is 1. The van der Waals surface area contributed by atoms with Crippen LogP contribution in [0, 0.1) is 0 Å². The molecule has 0 bridgehead atoms. The number of rotatable bonds is 4. The smallest absolute Gasteiger partial charge is 0.215 e. The maximum atomic E-state index is 5.84. The Hall–Kier alpha value is -1.45. The molecule has 0 unspecified atom stereocenters. The topological polar surface area (TPSA) is 51.4 Å². The van der Waals surface area contributed by atoms with E-state index in [9.17, 15) is 0 Å². The zero-order valence-corrected chi connectivity index (χ0v) is 8.95. The summed E-state index contributed by atoms with van der Waals surface area (Å²) < 4.78 is 5.06. The molecule has 0 atom stereocenters. The van der Waals surface area contributed by atoms with E-state index in [-0.39, 0.29) is 0 Å². The van der Waals surface area contributed by atoms with Crippen molar-refractivity contribution in [2.24, 2.45) is 0 Å². The molecule has 14 heavy (non-hydrogen) atoms. The van der Waals surface area contributed by atoms with Crippen molar-refractivity contribution < 1.29 is 4.74 Å². The van der Waals surface area contributed by atoms with Gasteiger partial charge in [-0.2, -0.15) is 4.98 Å². The lowest BCUT2D eigenvalue weighted by Crippen LogP contribution is -2.24. The molecule has 0 aliphatic rings. The Balaban J connectivity index is 3.04. The molecule has 0 saturated carbocycles. The number of aromatic nitrogens is 1. The van der Waals surface area contributed by atoms with Crippen LogP contribution in [0.2, 0.25) is 0 Å². The lowest BCUT2D eigenvalue weighted by molar-refractivity contribution is 0.398. The van der Waals surface area contributed by atoms with Crippen LogP contribution < -0.4 is 15.4 Å². The molecule has 0 aromatic carbocycles. The van der Waals surface area contributed by atoms with Crippen molar-refractivity contribution in [1.29, 1.82) is 0 Å². The summed E-state index contributed by atoms with van der Waals surface area (Å²) in [6, 6.07) is 3.59. The van der Waals surface area contributed by atoms with Crippen LogP contribution in [0.5, 0.6) is 5.88 Å². The Morgan fingerprint density at radius 1 is 1.36 bits per heavy atom. The highest BCUT2D eigenvalue weighted by Gasteiger charge is 2.08. The molecule has 4 heteroatoms. The molecule has 4 nitrogen and oxygen atoms in total. The molecule has 1 aromatic rings. The van der Waals surface area contributed by atoms with Gasteiger partial charge in [0.1, 0.15) is 0 Å². The average molecular weight is 195 g/mol. The molecule has 0 saturated heterocycles. The Bertz CT molecular complexity index is 297. The minimum absolute atomic E-state index is 0.598. The number of nitrogen functional groups attached to an aromatic ring is 1. The number of nitrogens with zero attached hydrogens (tertiary/aromatic N) is 2. The molecule has 0 radical (unpaired) electrons. The van der Waals surface area contributed by atoms with Gasteiger partial charge in [0.15, 0.2) is 5.82 Å². The Morgan fingerprint density at radius 2 is 2.00 bits per heavy atom. The second-order valence-corrected chi connectivity index (χ2v) is 2.94. The number of pyridine rings is 1. The maximum absolute atomic E-state index is 5.84. The van der Waals surface area contributed by atoms with E-state index in [1.54, 1.807) is 13.2 Å². The minimum atomic E-state index is 0.598. The van der Waals surface area contributed by atoms with Gasteiger partial charge in [0, 0.05) is 19.2 Å². The van der Waals surface area contributed by atoms with Gasteiger partial charge in [0.25, 0.3) is 0 Å². The standard InChI is InChI=1S/C10H17N3O/c1-4-13(5-2)10-8(11)6-7-9(12-10)14-3/h6-7H,4-5,11H2,1-3H3. The third kappa shape index (κ3) is 2.07. The van der Waals surface area contributed by atoms with Crippen molar-refractivity contribution in [2.75, 3.05) is 30.8 Å². The summed E-state index contributed by atoms with van der Waals surface area (Å²) in [5.41, 5.74) is 6.53. The van der Waals surface area contributed by atoms with E-state index in [1.807, 2.05) is 6.07 Å². The first-order chi connectivity index (χ1) is 6.72. The zero-order valence-electron chi connectivity index (χ0n) is 8.95. The van der Waals surface area contributed by atoms with Crippen LogP contribution in [0.25, 0.3) is 0 Å². The summed E-state index contributed by atoms with van der Waals surface area (Å²) >= 11 is 0. The van der Waals surface area contributed by atoms with Gasteiger partial charge in [0.05, 0.1) is 12.8 Å². The van der Waals surface area contributed by atoms with Crippen molar-refractivity contribution in [3.63, 3.8) is 0 Å². The Kier molecular flexibility index (Phi) is 3.56. The fraction of sp³-hybridized carbons (Fsp3) is 0.500. The molecule has 78 valence electrons. The summed E-state index contributed by atoms with van der Waals surface area (Å²) in [6.45, 7) is 5.93. The Labute approximate surface area is 84.7 Å². The van der Waals surface area contributed by atoms with E-state index in [0.717, 1.165) is 18.9 Å². The Morgan fingerprint density at radius 3 is 2.50 bits per heavy atom. The van der Waals surface area contributed by atoms with Gasteiger partial charge in [-0.25, -0.2) is 0 Å². The van der Waals surface area contributed by atoms with Gasteiger partial charge in [-0.15, -0.1) is 0 Å². The van der Waals surface area contributed by atoms with Crippen molar-refractivity contribution in [1.82, 2.24) is 4.98 Å². The van der Waals surface area contributed by atoms with Gasteiger partial charge in [-0.1, -0.05) is 0 Å². The highest BCUT2D eigenvalue weighted by Crippen LogP contribution is 2.23. The summed E-state index contributed by atoms with van der Waals surface area (Å²) in [4.78, 5) is 6.41. The first kappa shape index (κ1) is 10.6. The molecule has 1 heterocycles. The molecular weight excluding hydrogens is 178 g/mol. The fourth-order valence-electron chi connectivity index (χ4n) is 1.33. The predicted molar refractivity (Wildman–Crippen MR) is 58.8 cm³/mol. The molecular formula is C10H17N3O.